The van der Waals surface area contributed by atoms with Crippen LogP contribution in [0.3, 0.4) is 0 Å². The number of benzene rings is 2. The van der Waals surface area contributed by atoms with Gasteiger partial charge in [0, 0.05) is 18.7 Å². The number of amides is 1. The summed E-state index contributed by atoms with van der Waals surface area (Å²) in [6.45, 7) is 2.15. The van der Waals surface area contributed by atoms with Crippen LogP contribution in [0.1, 0.15) is 51.0 Å². The highest BCUT2D eigenvalue weighted by molar-refractivity contribution is 5.84. The first-order valence-corrected chi connectivity index (χ1v) is 14.0. The van der Waals surface area contributed by atoms with Crippen LogP contribution >= 0.6 is 0 Å². The van der Waals surface area contributed by atoms with Gasteiger partial charge < -0.3 is 30.0 Å². The Morgan fingerprint density at radius 3 is 2.55 bits per heavy atom. The van der Waals surface area contributed by atoms with E-state index in [0.29, 0.717) is 24.7 Å². The number of fused-ring (bicyclic) bond motifs is 1. The van der Waals surface area contributed by atoms with E-state index in [1.165, 1.54) is 18.4 Å². The van der Waals surface area contributed by atoms with E-state index >= 15 is 0 Å². The van der Waals surface area contributed by atoms with Crippen molar-refractivity contribution >= 4 is 23.7 Å². The van der Waals surface area contributed by atoms with E-state index in [-0.39, 0.29) is 25.1 Å². The predicted octanol–water partition coefficient (Wildman–Crippen LogP) is 4.57. The highest BCUT2D eigenvalue weighted by Gasteiger charge is 2.36. The van der Waals surface area contributed by atoms with Gasteiger partial charge >= 0.3 is 12.1 Å². The number of aliphatic imine (C=N–C) groups is 1. The molecule has 0 radical (unpaired) electrons. The van der Waals surface area contributed by atoms with Crippen molar-refractivity contribution in [3.05, 3.63) is 54.1 Å². The van der Waals surface area contributed by atoms with E-state index in [1.807, 2.05) is 60.4 Å². The molecule has 4 rings (SSSR count). The van der Waals surface area contributed by atoms with Gasteiger partial charge in [-0.2, -0.15) is 0 Å². The van der Waals surface area contributed by atoms with Crippen LogP contribution in [-0.4, -0.2) is 71.9 Å². The molecule has 1 saturated carbocycles. The van der Waals surface area contributed by atoms with E-state index < -0.39 is 24.7 Å². The molecule has 10 heteroatoms. The van der Waals surface area contributed by atoms with E-state index in [2.05, 4.69) is 4.99 Å². The monoisotopic (exact) mass is 552 g/mol. The molecule has 216 valence electrons. The number of aliphatic hydroxyl groups is 1. The van der Waals surface area contributed by atoms with Crippen molar-refractivity contribution in [3.63, 3.8) is 0 Å². The predicted molar refractivity (Wildman–Crippen MR) is 151 cm³/mol. The minimum atomic E-state index is -1.12. The normalized spacial score (nSPS) is 16.8. The Labute approximate surface area is 235 Å². The van der Waals surface area contributed by atoms with Crippen LogP contribution in [0, 0.1) is 5.92 Å². The van der Waals surface area contributed by atoms with Crippen LogP contribution < -0.4 is 10.5 Å². The number of hydrogen-bond donors (Lipinski definition) is 2. The highest BCUT2D eigenvalue weighted by atomic mass is 16.6. The standard InChI is InChI=1S/C30H40N4O6/c1-3-16-33(26(19-35)28(36)38-2)30(37)39-20-27(21-10-6-4-7-11-21)34-18-22-17-24(14-15-25(22)32-29(34)31)40-23-12-8-5-9-13-23/h5,8-9,12-15,17,21,26-27,35H,3-4,6-7,10-11,16,18-20H2,1-2H3,(H2,31,32)/t26-,27-/m0/s1. The van der Waals surface area contributed by atoms with E-state index in [9.17, 15) is 14.7 Å². The zero-order valence-corrected chi connectivity index (χ0v) is 23.3. The van der Waals surface area contributed by atoms with Crippen molar-refractivity contribution in [1.29, 1.82) is 0 Å². The van der Waals surface area contributed by atoms with Crippen molar-refractivity contribution in [2.45, 2.75) is 64.1 Å². The lowest BCUT2D eigenvalue weighted by Gasteiger charge is -2.41. The first-order chi connectivity index (χ1) is 19.4. The van der Waals surface area contributed by atoms with Gasteiger partial charge in [0.1, 0.15) is 18.1 Å². The van der Waals surface area contributed by atoms with Gasteiger partial charge in [-0.25, -0.2) is 14.6 Å². The number of guanidine groups is 1. The molecule has 40 heavy (non-hydrogen) atoms. The second-order valence-electron chi connectivity index (χ2n) is 10.3. The Balaban J connectivity index is 1.54. The lowest BCUT2D eigenvalue weighted by molar-refractivity contribution is -0.148. The zero-order chi connectivity index (χ0) is 28.5. The number of methoxy groups -OCH3 is 1. The summed E-state index contributed by atoms with van der Waals surface area (Å²) < 4.78 is 16.7. The summed E-state index contributed by atoms with van der Waals surface area (Å²) in [5, 5.41) is 9.80. The van der Waals surface area contributed by atoms with Gasteiger partial charge in [-0.15, -0.1) is 0 Å². The number of nitrogens with zero attached hydrogens (tertiary/aromatic N) is 3. The molecule has 2 atom stereocenters. The Morgan fingerprint density at radius 2 is 1.88 bits per heavy atom. The van der Waals surface area contributed by atoms with Crippen molar-refractivity contribution in [2.24, 2.45) is 16.6 Å². The molecule has 3 N–H and O–H groups in total. The minimum Gasteiger partial charge on any atom is -0.467 e. The lowest BCUT2D eigenvalue weighted by atomic mass is 9.83. The summed E-state index contributed by atoms with van der Waals surface area (Å²) in [4.78, 5) is 33.4. The van der Waals surface area contributed by atoms with Crippen molar-refractivity contribution in [1.82, 2.24) is 9.80 Å². The van der Waals surface area contributed by atoms with Gasteiger partial charge in [-0.3, -0.25) is 4.90 Å². The molecule has 0 aromatic heterocycles. The fourth-order valence-corrected chi connectivity index (χ4v) is 5.52. The number of hydrogen-bond acceptors (Lipinski definition) is 9. The average molecular weight is 553 g/mol. The highest BCUT2D eigenvalue weighted by Crippen LogP contribution is 2.35. The molecular formula is C30H40N4O6. The molecule has 2 aromatic carbocycles. The number of nitrogens with two attached hydrogens (primary N) is 1. The van der Waals surface area contributed by atoms with Crippen LogP contribution in [0.15, 0.2) is 53.5 Å². The van der Waals surface area contributed by atoms with Crippen molar-refractivity contribution in [2.75, 3.05) is 26.9 Å². The summed E-state index contributed by atoms with van der Waals surface area (Å²) in [5.74, 6) is 1.40. The fourth-order valence-electron chi connectivity index (χ4n) is 5.52. The molecule has 0 bridgehead atoms. The first-order valence-electron chi connectivity index (χ1n) is 14.0. The molecule has 0 saturated heterocycles. The molecule has 2 aliphatic rings. The Morgan fingerprint density at radius 1 is 1.12 bits per heavy atom. The summed E-state index contributed by atoms with van der Waals surface area (Å²) >= 11 is 0. The van der Waals surface area contributed by atoms with Gasteiger partial charge in [0.15, 0.2) is 12.0 Å². The lowest BCUT2D eigenvalue weighted by Crippen LogP contribution is -2.53. The van der Waals surface area contributed by atoms with E-state index in [1.54, 1.807) is 0 Å². The van der Waals surface area contributed by atoms with Crippen LogP contribution in [0.25, 0.3) is 0 Å². The van der Waals surface area contributed by atoms with Crippen molar-refractivity contribution in [3.8, 4) is 11.5 Å². The number of ether oxygens (including phenoxy) is 3. The molecule has 2 aromatic rings. The van der Waals surface area contributed by atoms with Crippen LogP contribution in [0.4, 0.5) is 10.5 Å². The van der Waals surface area contributed by atoms with E-state index in [0.717, 1.165) is 42.7 Å². The SMILES string of the molecule is CCCN(C(=O)OC[C@@H](C1CCCCC1)N1Cc2cc(Oc3ccccc3)ccc2N=C1N)[C@@H](CO)C(=O)OC. The third-order valence-electron chi connectivity index (χ3n) is 7.59. The number of aliphatic hydroxyl groups excluding tert-OH is 1. The van der Waals surface area contributed by atoms with Crippen LogP contribution in [-0.2, 0) is 20.8 Å². The molecule has 1 heterocycles. The van der Waals surface area contributed by atoms with Gasteiger partial charge in [0.25, 0.3) is 0 Å². The first kappa shape index (κ1) is 29.2. The summed E-state index contributed by atoms with van der Waals surface area (Å²) in [6, 6.07) is 14.0. The molecule has 1 aliphatic heterocycles. The number of carbonyl (C=O) groups excluding carboxylic acids is 2. The summed E-state index contributed by atoms with van der Waals surface area (Å²) in [7, 11) is 1.23. The second-order valence-corrected chi connectivity index (χ2v) is 10.3. The molecule has 1 amide bonds. The van der Waals surface area contributed by atoms with Gasteiger partial charge in [-0.1, -0.05) is 44.4 Å². The minimum absolute atomic E-state index is 0.0782. The molecule has 1 aliphatic carbocycles. The third-order valence-corrected chi connectivity index (χ3v) is 7.59. The maximum atomic E-state index is 13.2. The largest absolute Gasteiger partial charge is 0.467 e. The fraction of sp³-hybridized carbons (Fsp3) is 0.500. The number of para-hydroxylation sites is 1. The average Bonchev–Trinajstić information content (AvgIpc) is 2.98. The topological polar surface area (TPSA) is 127 Å². The van der Waals surface area contributed by atoms with Gasteiger partial charge in [0.05, 0.1) is 25.4 Å². The Bertz CT molecular complexity index is 1170. The molecule has 10 nitrogen and oxygen atoms in total. The van der Waals surface area contributed by atoms with Crippen molar-refractivity contribution < 1.29 is 28.9 Å². The van der Waals surface area contributed by atoms with Gasteiger partial charge in [-0.05, 0) is 55.5 Å². The molecule has 1 fully saturated rings. The van der Waals surface area contributed by atoms with E-state index in [4.69, 9.17) is 19.9 Å². The molecule has 0 unspecified atom stereocenters. The Kier molecular flexibility index (Phi) is 10.2. The number of carbonyl (C=O) groups is 2. The Hall–Kier alpha value is -3.79. The third kappa shape index (κ3) is 7.04. The smallest absolute Gasteiger partial charge is 0.410 e. The second kappa shape index (κ2) is 14.0. The number of rotatable bonds is 11. The van der Waals surface area contributed by atoms with Gasteiger partial charge in [0.2, 0.25) is 0 Å². The molecular weight excluding hydrogens is 512 g/mol. The summed E-state index contributed by atoms with van der Waals surface area (Å²) in [5.41, 5.74) is 8.25. The maximum Gasteiger partial charge on any atom is 0.410 e. The van der Waals surface area contributed by atoms with Crippen LogP contribution in [0.2, 0.25) is 0 Å². The quantitative estimate of drug-likeness (QED) is 0.388. The number of esters is 1. The molecule has 0 spiro atoms. The van der Waals surface area contributed by atoms with Crippen LogP contribution in [0.5, 0.6) is 11.5 Å². The summed E-state index contributed by atoms with van der Waals surface area (Å²) in [6.07, 6.45) is 5.29. The zero-order valence-electron chi connectivity index (χ0n) is 23.3. The maximum absolute atomic E-state index is 13.2.